The first-order valence-corrected chi connectivity index (χ1v) is 5.18. The van der Waals surface area contributed by atoms with Crippen LogP contribution in [0.15, 0.2) is 30.3 Å². The van der Waals surface area contributed by atoms with Gasteiger partial charge in [0.15, 0.2) is 6.35 Å². The van der Waals surface area contributed by atoms with Gasteiger partial charge in [0.1, 0.15) is 5.75 Å². The van der Waals surface area contributed by atoms with Crippen molar-refractivity contribution in [3.63, 3.8) is 0 Å². The largest absolute Gasteiger partial charge is 0.435 e. The molecule has 1 aromatic rings. The van der Waals surface area contributed by atoms with Crippen LogP contribution in [0.25, 0.3) is 0 Å². The highest BCUT2D eigenvalue weighted by Gasteiger charge is 2.26. The van der Waals surface area contributed by atoms with Gasteiger partial charge in [0, 0.05) is 0 Å². The molecule has 13 heavy (non-hydrogen) atoms. The third-order valence-electron chi connectivity index (χ3n) is 1.27. The lowest BCUT2D eigenvalue weighted by Gasteiger charge is -2.11. The molecule has 1 aromatic carbocycles. The van der Waals surface area contributed by atoms with E-state index in [1.807, 2.05) is 0 Å². The molecule has 0 amide bonds. The maximum Gasteiger partial charge on any atom is 0.435 e. The molecule has 0 fully saturated rings. The minimum atomic E-state index is -4.01. The summed E-state index contributed by atoms with van der Waals surface area (Å²) < 4.78 is 30.4. The lowest BCUT2D eigenvalue weighted by atomic mass is 10.3. The molecule has 0 bridgehead atoms. The number of hydrogen-bond acceptors (Lipinski definition) is 4. The lowest BCUT2D eigenvalue weighted by molar-refractivity contribution is -0.0214. The van der Waals surface area contributed by atoms with Gasteiger partial charge in [-0.05, 0) is 16.7 Å². The molecule has 72 valence electrons. The predicted molar refractivity (Wildman–Crippen MR) is 44.0 cm³/mol. The van der Waals surface area contributed by atoms with Crippen LogP contribution in [-0.2, 0) is 9.29 Å². The molecule has 1 N–H and O–H groups in total. The van der Waals surface area contributed by atoms with Crippen LogP contribution >= 0.6 is 7.60 Å². The summed E-state index contributed by atoms with van der Waals surface area (Å²) in [5, 5.41) is 8.49. The fourth-order valence-corrected chi connectivity index (χ4v) is 1.28. The Hall–Kier alpha value is -0.900. The summed E-state index contributed by atoms with van der Waals surface area (Å²) in [6.07, 6.45) is -1.00. The molecule has 0 saturated carbocycles. The molecule has 1 unspecified atom stereocenters. The van der Waals surface area contributed by atoms with Crippen LogP contribution < -0.4 is 4.52 Å². The average molecular weight is 206 g/mol. The van der Waals surface area contributed by atoms with E-state index in [-0.39, 0.29) is 5.75 Å². The van der Waals surface area contributed by atoms with E-state index in [1.54, 1.807) is 18.2 Å². The van der Waals surface area contributed by atoms with E-state index < -0.39 is 13.9 Å². The summed E-state index contributed by atoms with van der Waals surface area (Å²) in [5.41, 5.74) is 0. The van der Waals surface area contributed by atoms with E-state index in [0.717, 1.165) is 0 Å². The van der Waals surface area contributed by atoms with Crippen LogP contribution in [0.1, 0.15) is 0 Å². The number of halogens is 1. The van der Waals surface area contributed by atoms with E-state index in [1.165, 1.54) is 12.1 Å². The van der Waals surface area contributed by atoms with Gasteiger partial charge < -0.3 is 9.63 Å². The van der Waals surface area contributed by atoms with Gasteiger partial charge in [-0.2, -0.15) is 0 Å². The molecule has 4 nitrogen and oxygen atoms in total. The highest BCUT2D eigenvalue weighted by Crippen LogP contribution is 2.47. The van der Waals surface area contributed by atoms with Crippen molar-refractivity contribution in [2.45, 2.75) is 0 Å². The molecule has 0 radical (unpaired) electrons. The fraction of sp³-hybridized carbons (Fsp3) is 0.143. The van der Waals surface area contributed by atoms with Crippen LogP contribution in [0.3, 0.4) is 0 Å². The molecule has 0 aliphatic carbocycles. The van der Waals surface area contributed by atoms with Crippen molar-refractivity contribution in [2.24, 2.45) is 0 Å². The first-order valence-electron chi connectivity index (χ1n) is 3.45. The van der Waals surface area contributed by atoms with Crippen molar-refractivity contribution < 1.29 is 23.4 Å². The summed E-state index contributed by atoms with van der Waals surface area (Å²) >= 11 is 0. The standard InChI is InChI=1S/C7H8FO4P/c8-12-13(10,6-9)11-7-4-2-1-3-5-7/h1-5,9H,6H2. The van der Waals surface area contributed by atoms with Crippen molar-refractivity contribution >= 4 is 7.60 Å². The van der Waals surface area contributed by atoms with Crippen molar-refractivity contribution in [3.05, 3.63) is 30.3 Å². The number of aliphatic hydroxyl groups excluding tert-OH is 1. The van der Waals surface area contributed by atoms with Crippen LogP contribution in [0.4, 0.5) is 4.53 Å². The molecular formula is C7H8FO4P. The molecule has 0 saturated heterocycles. The van der Waals surface area contributed by atoms with Gasteiger partial charge in [-0.3, -0.25) is 0 Å². The highest BCUT2D eigenvalue weighted by atomic mass is 31.2. The Labute approximate surface area is 74.3 Å². The summed E-state index contributed by atoms with van der Waals surface area (Å²) in [6.45, 7) is 0. The summed E-state index contributed by atoms with van der Waals surface area (Å²) in [6, 6.07) is 7.90. The summed E-state index contributed by atoms with van der Waals surface area (Å²) in [7, 11) is -4.01. The second-order valence-corrected chi connectivity index (χ2v) is 4.05. The predicted octanol–water partition coefficient (Wildman–Crippen LogP) is 2.11. The zero-order valence-electron chi connectivity index (χ0n) is 6.59. The topological polar surface area (TPSA) is 55.8 Å². The van der Waals surface area contributed by atoms with E-state index in [2.05, 4.69) is 9.25 Å². The van der Waals surface area contributed by atoms with Crippen LogP contribution in [0.5, 0.6) is 5.75 Å². The van der Waals surface area contributed by atoms with Gasteiger partial charge in [0.25, 0.3) is 0 Å². The molecule has 0 aromatic heterocycles. The van der Waals surface area contributed by atoms with Gasteiger partial charge in [-0.1, -0.05) is 22.9 Å². The summed E-state index contributed by atoms with van der Waals surface area (Å²) in [5.74, 6) is 0.178. The average Bonchev–Trinajstić information content (AvgIpc) is 2.19. The Morgan fingerprint density at radius 2 is 2.00 bits per heavy atom. The fourth-order valence-electron chi connectivity index (χ4n) is 0.707. The molecule has 0 aliphatic heterocycles. The Bertz CT molecular complexity index is 295. The first kappa shape index (κ1) is 10.2. The number of aliphatic hydroxyl groups is 1. The second-order valence-electron chi connectivity index (χ2n) is 2.23. The molecule has 0 aliphatic rings. The lowest BCUT2D eigenvalue weighted by Crippen LogP contribution is -1.97. The second kappa shape index (κ2) is 4.37. The van der Waals surface area contributed by atoms with E-state index in [0.29, 0.717) is 0 Å². The third kappa shape index (κ3) is 2.81. The molecule has 1 rings (SSSR count). The number of para-hydroxylation sites is 1. The smallest absolute Gasteiger partial charge is 0.421 e. The Morgan fingerprint density at radius 1 is 1.38 bits per heavy atom. The maximum absolute atomic E-state index is 11.7. The van der Waals surface area contributed by atoms with Gasteiger partial charge in [0.2, 0.25) is 0 Å². The molecule has 1 atom stereocenters. The van der Waals surface area contributed by atoms with Crippen molar-refractivity contribution in [1.82, 2.24) is 0 Å². The quantitative estimate of drug-likeness (QED) is 0.766. The number of benzene rings is 1. The van der Waals surface area contributed by atoms with Gasteiger partial charge in [-0.15, -0.1) is 0 Å². The number of hydrogen-bond donors (Lipinski definition) is 1. The van der Waals surface area contributed by atoms with Gasteiger partial charge in [-0.25, -0.2) is 4.57 Å². The van der Waals surface area contributed by atoms with Gasteiger partial charge in [0.05, 0.1) is 0 Å². The maximum atomic E-state index is 11.7. The molecule has 0 spiro atoms. The molecule has 6 heteroatoms. The molecule has 0 heterocycles. The molecular weight excluding hydrogens is 198 g/mol. The Kier molecular flexibility index (Phi) is 3.42. The zero-order chi connectivity index (χ0) is 9.73. The number of rotatable bonds is 4. The minimum absolute atomic E-state index is 0.178. The van der Waals surface area contributed by atoms with E-state index >= 15 is 0 Å². The highest BCUT2D eigenvalue weighted by molar-refractivity contribution is 7.53. The Balaban J connectivity index is 2.74. The first-order chi connectivity index (χ1) is 6.20. The van der Waals surface area contributed by atoms with E-state index in [4.69, 9.17) is 5.11 Å². The van der Waals surface area contributed by atoms with E-state index in [9.17, 15) is 9.09 Å². The summed E-state index contributed by atoms with van der Waals surface area (Å²) in [4.78, 5) is 0. The SMILES string of the molecule is O=P(CO)(OF)Oc1ccccc1. The van der Waals surface area contributed by atoms with Gasteiger partial charge >= 0.3 is 7.60 Å². The van der Waals surface area contributed by atoms with Crippen LogP contribution in [0.2, 0.25) is 0 Å². The minimum Gasteiger partial charge on any atom is -0.421 e. The normalized spacial score (nSPS) is 14.9. The van der Waals surface area contributed by atoms with Crippen molar-refractivity contribution in [2.75, 3.05) is 6.35 Å². The third-order valence-corrected chi connectivity index (χ3v) is 2.31. The van der Waals surface area contributed by atoms with Crippen molar-refractivity contribution in [3.8, 4) is 5.75 Å². The zero-order valence-corrected chi connectivity index (χ0v) is 7.49. The monoisotopic (exact) mass is 206 g/mol. The van der Waals surface area contributed by atoms with Crippen molar-refractivity contribution in [1.29, 1.82) is 0 Å². The Morgan fingerprint density at radius 3 is 2.46 bits per heavy atom. The van der Waals surface area contributed by atoms with Crippen LogP contribution in [-0.4, -0.2) is 11.5 Å². The van der Waals surface area contributed by atoms with Crippen LogP contribution in [0, 0.1) is 0 Å².